The summed E-state index contributed by atoms with van der Waals surface area (Å²) in [6.45, 7) is 1.62. The highest BCUT2D eigenvalue weighted by Crippen LogP contribution is 2.28. The Labute approximate surface area is 147 Å². The fraction of sp³-hybridized carbons (Fsp3) is 0.0556. The number of hydrogen-bond donors (Lipinski definition) is 1. The molecule has 3 rings (SSSR count). The molecule has 0 spiro atoms. The summed E-state index contributed by atoms with van der Waals surface area (Å²) in [6, 6.07) is 10.2. The molecule has 2 aromatic rings. The van der Waals surface area contributed by atoms with Gasteiger partial charge in [0, 0.05) is 5.56 Å². The summed E-state index contributed by atoms with van der Waals surface area (Å²) in [4.78, 5) is 23.8. The Morgan fingerprint density at radius 1 is 1.28 bits per heavy atom. The van der Waals surface area contributed by atoms with Crippen LogP contribution in [-0.4, -0.2) is 22.7 Å². The zero-order valence-corrected chi connectivity index (χ0v) is 13.8. The molecular formula is C18H12ClFN2O3. The number of aromatic carboxylic acids is 1. The third kappa shape index (κ3) is 3.16. The van der Waals surface area contributed by atoms with Crippen LogP contribution in [0.5, 0.6) is 0 Å². The zero-order chi connectivity index (χ0) is 18.1. The average Bonchev–Trinajstić information content (AvgIpc) is 2.85. The van der Waals surface area contributed by atoms with Crippen molar-refractivity contribution < 1.29 is 19.1 Å². The van der Waals surface area contributed by atoms with E-state index in [1.54, 1.807) is 25.1 Å². The molecule has 0 saturated heterocycles. The van der Waals surface area contributed by atoms with Gasteiger partial charge in [-0.3, -0.25) is 4.79 Å². The molecule has 0 unspecified atom stereocenters. The van der Waals surface area contributed by atoms with E-state index in [0.717, 1.165) is 5.01 Å². The minimum absolute atomic E-state index is 0.0609. The van der Waals surface area contributed by atoms with Gasteiger partial charge in [-0.1, -0.05) is 29.8 Å². The van der Waals surface area contributed by atoms with E-state index in [1.165, 1.54) is 30.3 Å². The topological polar surface area (TPSA) is 70.0 Å². The fourth-order valence-corrected chi connectivity index (χ4v) is 2.61. The fourth-order valence-electron chi connectivity index (χ4n) is 2.42. The Hall–Kier alpha value is -2.99. The molecule has 1 amide bonds. The predicted molar refractivity (Wildman–Crippen MR) is 93.4 cm³/mol. The molecule has 126 valence electrons. The predicted octanol–water partition coefficient (Wildman–Crippen LogP) is 3.98. The average molecular weight is 359 g/mol. The number of anilines is 1. The number of rotatable bonds is 3. The maximum Gasteiger partial charge on any atom is 0.337 e. The van der Waals surface area contributed by atoms with Crippen molar-refractivity contribution >= 4 is 41.0 Å². The number of carbonyl (C=O) groups is 2. The molecule has 0 saturated carbocycles. The Bertz CT molecular complexity index is 953. The highest BCUT2D eigenvalue weighted by molar-refractivity contribution is 6.34. The smallest absolute Gasteiger partial charge is 0.337 e. The molecule has 0 aromatic heterocycles. The number of amides is 1. The highest BCUT2D eigenvalue weighted by Gasteiger charge is 2.29. The first-order valence-corrected chi connectivity index (χ1v) is 7.65. The van der Waals surface area contributed by atoms with Crippen molar-refractivity contribution in [3.05, 3.63) is 70.0 Å². The number of nitrogens with zero attached hydrogens (tertiary/aromatic N) is 2. The van der Waals surface area contributed by atoms with E-state index < -0.39 is 17.7 Å². The standard InChI is InChI=1S/C18H12ClFN2O3/c1-10-13(8-11-4-2-3-5-16(11)20)17(23)22(21-10)12-6-7-15(19)14(9-12)18(24)25/h2-9H,1H3,(H,24,25). The first-order valence-electron chi connectivity index (χ1n) is 7.27. The third-order valence-electron chi connectivity index (χ3n) is 3.69. The van der Waals surface area contributed by atoms with Crippen LogP contribution in [0.1, 0.15) is 22.8 Å². The van der Waals surface area contributed by atoms with E-state index in [4.69, 9.17) is 16.7 Å². The molecule has 0 atom stereocenters. The van der Waals surface area contributed by atoms with Crippen molar-refractivity contribution in [1.82, 2.24) is 0 Å². The van der Waals surface area contributed by atoms with Gasteiger partial charge in [-0.25, -0.2) is 9.18 Å². The van der Waals surface area contributed by atoms with E-state index in [9.17, 15) is 14.0 Å². The molecule has 25 heavy (non-hydrogen) atoms. The van der Waals surface area contributed by atoms with Crippen molar-refractivity contribution in [3.8, 4) is 0 Å². The van der Waals surface area contributed by atoms with Gasteiger partial charge in [0.2, 0.25) is 0 Å². The van der Waals surface area contributed by atoms with Crippen LogP contribution in [0, 0.1) is 5.82 Å². The second-order valence-corrected chi connectivity index (χ2v) is 5.76. The molecular weight excluding hydrogens is 347 g/mol. The number of carbonyl (C=O) groups excluding carboxylic acids is 1. The van der Waals surface area contributed by atoms with Crippen molar-refractivity contribution in [2.45, 2.75) is 6.92 Å². The van der Waals surface area contributed by atoms with Crippen LogP contribution in [0.15, 0.2) is 53.1 Å². The van der Waals surface area contributed by atoms with Crippen LogP contribution in [0.2, 0.25) is 5.02 Å². The van der Waals surface area contributed by atoms with Gasteiger partial charge in [0.25, 0.3) is 5.91 Å². The molecule has 0 fully saturated rings. The summed E-state index contributed by atoms with van der Waals surface area (Å²) >= 11 is 5.84. The van der Waals surface area contributed by atoms with Gasteiger partial charge in [-0.05, 0) is 37.3 Å². The van der Waals surface area contributed by atoms with Crippen molar-refractivity contribution in [1.29, 1.82) is 0 Å². The maximum absolute atomic E-state index is 13.8. The number of hydrogen-bond acceptors (Lipinski definition) is 3. The van der Waals surface area contributed by atoms with Crippen LogP contribution in [0.4, 0.5) is 10.1 Å². The Morgan fingerprint density at radius 3 is 2.68 bits per heavy atom. The molecule has 1 heterocycles. The van der Waals surface area contributed by atoms with Gasteiger partial charge in [-0.2, -0.15) is 10.1 Å². The van der Waals surface area contributed by atoms with Gasteiger partial charge in [-0.15, -0.1) is 0 Å². The van der Waals surface area contributed by atoms with E-state index in [0.29, 0.717) is 5.71 Å². The van der Waals surface area contributed by atoms with Crippen molar-refractivity contribution in [3.63, 3.8) is 0 Å². The number of hydrazone groups is 1. The first-order chi connectivity index (χ1) is 11.9. The van der Waals surface area contributed by atoms with E-state index in [1.807, 2.05) is 0 Å². The molecule has 2 aromatic carbocycles. The van der Waals surface area contributed by atoms with Crippen LogP contribution in [0.3, 0.4) is 0 Å². The summed E-state index contributed by atoms with van der Waals surface area (Å²) in [6.07, 6.45) is 1.42. The quantitative estimate of drug-likeness (QED) is 0.843. The van der Waals surface area contributed by atoms with Crippen LogP contribution in [-0.2, 0) is 4.79 Å². The number of carboxylic acid groups (broad SMARTS) is 1. The SMILES string of the molecule is CC1=NN(c2ccc(Cl)c(C(=O)O)c2)C(=O)C1=Cc1ccccc1F. The largest absolute Gasteiger partial charge is 0.478 e. The minimum Gasteiger partial charge on any atom is -0.478 e. The first kappa shape index (κ1) is 16.9. The maximum atomic E-state index is 13.8. The Balaban J connectivity index is 2.00. The zero-order valence-electron chi connectivity index (χ0n) is 13.0. The lowest BCUT2D eigenvalue weighted by Gasteiger charge is -2.13. The summed E-state index contributed by atoms with van der Waals surface area (Å²) in [7, 11) is 0. The molecule has 1 N–H and O–H groups in total. The molecule has 0 aliphatic carbocycles. The van der Waals surface area contributed by atoms with Crippen LogP contribution >= 0.6 is 11.6 Å². The van der Waals surface area contributed by atoms with Crippen molar-refractivity contribution in [2.75, 3.05) is 5.01 Å². The van der Waals surface area contributed by atoms with E-state index in [-0.39, 0.29) is 27.4 Å². The molecule has 0 bridgehead atoms. The van der Waals surface area contributed by atoms with Crippen LogP contribution < -0.4 is 5.01 Å². The van der Waals surface area contributed by atoms with Gasteiger partial charge in [0.15, 0.2) is 0 Å². The summed E-state index contributed by atoms with van der Waals surface area (Å²) in [5.74, 6) is -2.13. The summed E-state index contributed by atoms with van der Waals surface area (Å²) in [5, 5.41) is 14.4. The number of benzene rings is 2. The van der Waals surface area contributed by atoms with E-state index >= 15 is 0 Å². The molecule has 7 heteroatoms. The molecule has 1 aliphatic rings. The monoisotopic (exact) mass is 358 g/mol. The Morgan fingerprint density at radius 2 is 2.00 bits per heavy atom. The third-order valence-corrected chi connectivity index (χ3v) is 4.02. The molecule has 1 aliphatic heterocycles. The number of carboxylic acids is 1. The van der Waals surface area contributed by atoms with Gasteiger partial charge in [0.05, 0.1) is 27.6 Å². The molecule has 0 radical (unpaired) electrons. The summed E-state index contributed by atoms with van der Waals surface area (Å²) < 4.78 is 13.8. The normalized spacial score (nSPS) is 15.6. The lowest BCUT2D eigenvalue weighted by Crippen LogP contribution is -2.21. The van der Waals surface area contributed by atoms with Gasteiger partial charge in [0.1, 0.15) is 5.82 Å². The Kier molecular flexibility index (Phi) is 4.37. The second kappa shape index (κ2) is 6.49. The minimum atomic E-state index is -1.21. The van der Waals surface area contributed by atoms with E-state index in [2.05, 4.69) is 5.10 Å². The lowest BCUT2D eigenvalue weighted by atomic mass is 10.1. The lowest BCUT2D eigenvalue weighted by molar-refractivity contribution is -0.114. The van der Waals surface area contributed by atoms with Crippen LogP contribution in [0.25, 0.3) is 6.08 Å². The van der Waals surface area contributed by atoms with Crippen molar-refractivity contribution in [2.24, 2.45) is 5.10 Å². The molecule has 5 nitrogen and oxygen atoms in total. The number of halogens is 2. The van der Waals surface area contributed by atoms with Gasteiger partial charge >= 0.3 is 5.97 Å². The van der Waals surface area contributed by atoms with Gasteiger partial charge < -0.3 is 5.11 Å². The highest BCUT2D eigenvalue weighted by atomic mass is 35.5. The summed E-state index contributed by atoms with van der Waals surface area (Å²) in [5.41, 5.74) is 1.04. The second-order valence-electron chi connectivity index (χ2n) is 5.35.